The molecule has 0 spiro atoms. The lowest BCUT2D eigenvalue weighted by molar-refractivity contribution is 0.425. The summed E-state index contributed by atoms with van der Waals surface area (Å²) in [5.74, 6) is 2.92. The SMILES string of the molecule is CN(C)CCNc1nc(NCc2ccccc2)nc(NC2=NCC(c3ccco3)=C2)n1. The molecule has 0 fully saturated rings. The molecule has 0 saturated heterocycles. The molecular weight excluding hydrogens is 392 g/mol. The molecule has 0 unspecified atom stereocenters. The first kappa shape index (κ1) is 20.5. The molecule has 9 nitrogen and oxygen atoms in total. The molecule has 0 saturated carbocycles. The number of aromatic nitrogens is 3. The highest BCUT2D eigenvalue weighted by atomic mass is 16.3. The number of nitrogens with one attached hydrogen (secondary N) is 3. The number of aliphatic imine (C=N–C) groups is 1. The first-order chi connectivity index (χ1) is 15.2. The van der Waals surface area contributed by atoms with E-state index >= 15 is 0 Å². The van der Waals surface area contributed by atoms with E-state index in [0.29, 0.717) is 36.8 Å². The summed E-state index contributed by atoms with van der Waals surface area (Å²) in [7, 11) is 4.05. The number of likely N-dealkylation sites (N-methyl/N-ethyl adjacent to an activating group) is 1. The van der Waals surface area contributed by atoms with E-state index in [1.807, 2.05) is 50.5 Å². The van der Waals surface area contributed by atoms with Gasteiger partial charge in [0.25, 0.3) is 0 Å². The van der Waals surface area contributed by atoms with Crippen LogP contribution >= 0.6 is 0 Å². The molecule has 1 aliphatic heterocycles. The number of hydrogen-bond donors (Lipinski definition) is 3. The predicted molar refractivity (Wildman–Crippen MR) is 123 cm³/mol. The molecule has 3 heterocycles. The van der Waals surface area contributed by atoms with Crippen LogP contribution in [-0.4, -0.2) is 59.4 Å². The van der Waals surface area contributed by atoms with Gasteiger partial charge in [0, 0.05) is 25.2 Å². The van der Waals surface area contributed by atoms with Crippen LogP contribution in [0.25, 0.3) is 5.57 Å². The standard InChI is InChI=1S/C22H26N8O/c1-30(2)11-10-23-20-27-21(25-14-16-7-4-3-5-8-16)29-22(28-20)26-19-13-17(15-24-19)18-9-6-12-31-18/h3-9,12-13H,10-11,14-15H2,1-2H3,(H3,23,24,25,26,27,28,29). The van der Waals surface area contributed by atoms with E-state index in [2.05, 4.69) is 52.9 Å². The second kappa shape index (κ2) is 9.86. The average molecular weight is 419 g/mol. The summed E-state index contributed by atoms with van der Waals surface area (Å²) in [4.78, 5) is 20.1. The van der Waals surface area contributed by atoms with Gasteiger partial charge in [0.1, 0.15) is 11.6 Å². The Bertz CT molecular complexity index is 1040. The monoisotopic (exact) mass is 418 g/mol. The van der Waals surface area contributed by atoms with Crippen molar-refractivity contribution in [1.82, 2.24) is 19.9 Å². The average Bonchev–Trinajstić information content (AvgIpc) is 3.45. The molecule has 9 heteroatoms. The van der Waals surface area contributed by atoms with E-state index in [-0.39, 0.29) is 0 Å². The van der Waals surface area contributed by atoms with Crippen LogP contribution in [0.3, 0.4) is 0 Å². The van der Waals surface area contributed by atoms with Crippen LogP contribution in [0.5, 0.6) is 0 Å². The summed E-state index contributed by atoms with van der Waals surface area (Å²) in [5.41, 5.74) is 2.15. The van der Waals surface area contributed by atoms with Crippen LogP contribution in [-0.2, 0) is 6.54 Å². The molecule has 0 atom stereocenters. The quantitative estimate of drug-likeness (QED) is 0.487. The molecule has 2 aromatic heterocycles. The van der Waals surface area contributed by atoms with Gasteiger partial charge in [-0.15, -0.1) is 0 Å². The van der Waals surface area contributed by atoms with Crippen molar-refractivity contribution in [1.29, 1.82) is 0 Å². The zero-order chi connectivity index (χ0) is 21.5. The lowest BCUT2D eigenvalue weighted by Crippen LogP contribution is -2.22. The minimum absolute atomic E-state index is 0.425. The number of furan rings is 1. The second-order valence-corrected chi connectivity index (χ2v) is 7.35. The molecule has 1 aromatic carbocycles. The number of benzene rings is 1. The Morgan fingerprint density at radius 1 is 0.935 bits per heavy atom. The van der Waals surface area contributed by atoms with E-state index in [0.717, 1.165) is 30.0 Å². The third-order valence-corrected chi connectivity index (χ3v) is 4.58. The van der Waals surface area contributed by atoms with Gasteiger partial charge in [0.05, 0.1) is 12.8 Å². The lowest BCUT2D eigenvalue weighted by atomic mass is 10.2. The van der Waals surface area contributed by atoms with Crippen LogP contribution in [0.4, 0.5) is 17.8 Å². The van der Waals surface area contributed by atoms with Crippen LogP contribution in [0.15, 0.2) is 64.2 Å². The van der Waals surface area contributed by atoms with Crippen molar-refractivity contribution in [3.8, 4) is 0 Å². The van der Waals surface area contributed by atoms with E-state index < -0.39 is 0 Å². The minimum atomic E-state index is 0.425. The largest absolute Gasteiger partial charge is 0.465 e. The Morgan fingerprint density at radius 2 is 1.71 bits per heavy atom. The first-order valence-corrected chi connectivity index (χ1v) is 10.1. The first-order valence-electron chi connectivity index (χ1n) is 10.1. The highest BCUT2D eigenvalue weighted by Gasteiger charge is 2.14. The highest BCUT2D eigenvalue weighted by molar-refractivity contribution is 6.09. The molecule has 0 amide bonds. The summed E-state index contributed by atoms with van der Waals surface area (Å²) in [6, 6.07) is 13.9. The molecule has 0 aliphatic carbocycles. The zero-order valence-electron chi connectivity index (χ0n) is 17.7. The van der Waals surface area contributed by atoms with Crippen LogP contribution < -0.4 is 16.0 Å². The number of rotatable bonds is 9. The lowest BCUT2D eigenvalue weighted by Gasteiger charge is -2.13. The summed E-state index contributed by atoms with van der Waals surface area (Å²) < 4.78 is 5.46. The van der Waals surface area contributed by atoms with Gasteiger partial charge in [0.15, 0.2) is 0 Å². The Kier molecular flexibility index (Phi) is 6.53. The van der Waals surface area contributed by atoms with Crippen LogP contribution in [0.2, 0.25) is 0 Å². The zero-order valence-corrected chi connectivity index (χ0v) is 17.7. The third kappa shape index (κ3) is 5.89. The van der Waals surface area contributed by atoms with Crippen LogP contribution in [0, 0.1) is 0 Å². The van der Waals surface area contributed by atoms with Gasteiger partial charge in [-0.1, -0.05) is 30.3 Å². The summed E-state index contributed by atoms with van der Waals surface area (Å²) >= 11 is 0. The maximum atomic E-state index is 5.46. The maximum Gasteiger partial charge on any atom is 0.234 e. The summed E-state index contributed by atoms with van der Waals surface area (Å²) in [5, 5.41) is 9.72. The van der Waals surface area contributed by atoms with Crippen molar-refractivity contribution in [2.24, 2.45) is 4.99 Å². The van der Waals surface area contributed by atoms with Crippen molar-refractivity contribution < 1.29 is 4.42 Å². The fourth-order valence-corrected chi connectivity index (χ4v) is 2.99. The molecular formula is C22H26N8O. The minimum Gasteiger partial charge on any atom is -0.465 e. The number of nitrogens with zero attached hydrogens (tertiary/aromatic N) is 5. The Labute approximate surface area is 181 Å². The van der Waals surface area contributed by atoms with E-state index in [4.69, 9.17) is 4.42 Å². The molecule has 1 aliphatic rings. The van der Waals surface area contributed by atoms with Gasteiger partial charge >= 0.3 is 0 Å². The molecule has 31 heavy (non-hydrogen) atoms. The molecule has 0 radical (unpaired) electrons. The van der Waals surface area contributed by atoms with Crippen LogP contribution in [0.1, 0.15) is 11.3 Å². The van der Waals surface area contributed by atoms with E-state index in [1.165, 1.54) is 0 Å². The Balaban J connectivity index is 1.48. The van der Waals surface area contributed by atoms with Crippen molar-refractivity contribution in [2.75, 3.05) is 49.7 Å². The molecule has 3 N–H and O–H groups in total. The fourth-order valence-electron chi connectivity index (χ4n) is 2.99. The second-order valence-electron chi connectivity index (χ2n) is 7.35. The molecule has 0 bridgehead atoms. The molecule has 4 rings (SSSR count). The summed E-state index contributed by atoms with van der Waals surface area (Å²) in [6.45, 7) is 2.75. The van der Waals surface area contributed by atoms with Crippen molar-refractivity contribution >= 4 is 29.3 Å². The molecule has 160 valence electrons. The van der Waals surface area contributed by atoms with Gasteiger partial charge in [0.2, 0.25) is 17.8 Å². The highest BCUT2D eigenvalue weighted by Crippen LogP contribution is 2.20. The fraction of sp³-hybridized carbons (Fsp3) is 0.273. The van der Waals surface area contributed by atoms with Gasteiger partial charge < -0.3 is 25.3 Å². The van der Waals surface area contributed by atoms with E-state index in [1.54, 1.807) is 6.26 Å². The van der Waals surface area contributed by atoms with Crippen molar-refractivity contribution in [2.45, 2.75) is 6.54 Å². The van der Waals surface area contributed by atoms with Crippen molar-refractivity contribution in [3.63, 3.8) is 0 Å². The number of hydrogen-bond acceptors (Lipinski definition) is 9. The topological polar surface area (TPSA) is 104 Å². The maximum absolute atomic E-state index is 5.46. The third-order valence-electron chi connectivity index (χ3n) is 4.58. The molecule has 3 aromatic rings. The van der Waals surface area contributed by atoms with Gasteiger partial charge in [-0.25, -0.2) is 0 Å². The Morgan fingerprint density at radius 3 is 2.45 bits per heavy atom. The normalized spacial score (nSPS) is 13.1. The van der Waals surface area contributed by atoms with Gasteiger partial charge in [-0.2, -0.15) is 15.0 Å². The van der Waals surface area contributed by atoms with Gasteiger partial charge in [-0.05, 0) is 37.9 Å². The number of anilines is 3. The van der Waals surface area contributed by atoms with Gasteiger partial charge in [-0.3, -0.25) is 4.99 Å². The summed E-state index contributed by atoms with van der Waals surface area (Å²) in [6.07, 6.45) is 3.60. The Hall–Kier alpha value is -3.72. The van der Waals surface area contributed by atoms with E-state index in [9.17, 15) is 0 Å². The number of amidine groups is 1. The predicted octanol–water partition coefficient (Wildman–Crippen LogP) is 2.96. The smallest absolute Gasteiger partial charge is 0.234 e. The van der Waals surface area contributed by atoms with Crippen molar-refractivity contribution in [3.05, 3.63) is 66.1 Å².